The van der Waals surface area contributed by atoms with Crippen molar-refractivity contribution in [1.29, 1.82) is 0 Å². The van der Waals surface area contributed by atoms with Crippen LogP contribution in [-0.4, -0.2) is 16.1 Å². The standard InChI is InChI=1S/C10H6Cl2N2O2S/c11-5-1-4(8(15)6(12)3-5)2-7-9(16)14-10(17)13-7/h1-3,15H,(H2,13,14,16,17)/b7-2-. The maximum absolute atomic E-state index is 11.4. The summed E-state index contributed by atoms with van der Waals surface area (Å²) in [5, 5.41) is 15.5. The van der Waals surface area contributed by atoms with E-state index in [0.29, 0.717) is 10.6 Å². The average Bonchev–Trinajstić information content (AvgIpc) is 2.53. The second kappa shape index (κ2) is 4.52. The summed E-state index contributed by atoms with van der Waals surface area (Å²) in [5.41, 5.74) is 0.563. The molecule has 0 saturated carbocycles. The molecule has 0 unspecified atom stereocenters. The molecule has 88 valence electrons. The van der Waals surface area contributed by atoms with Crippen molar-refractivity contribution >= 4 is 52.5 Å². The Hall–Kier alpha value is -1.30. The van der Waals surface area contributed by atoms with Crippen molar-refractivity contribution in [3.8, 4) is 5.75 Å². The van der Waals surface area contributed by atoms with Crippen LogP contribution in [0.4, 0.5) is 0 Å². The maximum atomic E-state index is 11.4. The van der Waals surface area contributed by atoms with Crippen molar-refractivity contribution in [1.82, 2.24) is 10.6 Å². The van der Waals surface area contributed by atoms with E-state index in [0.717, 1.165) is 0 Å². The number of amides is 1. The quantitative estimate of drug-likeness (QED) is 0.547. The van der Waals surface area contributed by atoms with Crippen molar-refractivity contribution in [2.75, 3.05) is 0 Å². The molecule has 0 atom stereocenters. The van der Waals surface area contributed by atoms with E-state index in [9.17, 15) is 9.90 Å². The second-order valence-electron chi connectivity index (χ2n) is 3.29. The van der Waals surface area contributed by atoms with Crippen LogP contribution < -0.4 is 10.6 Å². The average molecular weight is 289 g/mol. The zero-order valence-corrected chi connectivity index (χ0v) is 10.6. The lowest BCUT2D eigenvalue weighted by atomic mass is 10.1. The van der Waals surface area contributed by atoms with Crippen molar-refractivity contribution in [3.05, 3.63) is 33.4 Å². The normalized spacial score (nSPS) is 17.2. The van der Waals surface area contributed by atoms with Gasteiger partial charge in [0.1, 0.15) is 11.4 Å². The molecule has 3 N–H and O–H groups in total. The molecule has 1 saturated heterocycles. The van der Waals surface area contributed by atoms with Crippen LogP contribution in [-0.2, 0) is 4.79 Å². The molecule has 17 heavy (non-hydrogen) atoms. The van der Waals surface area contributed by atoms with Crippen LogP contribution in [0, 0.1) is 0 Å². The SMILES string of the molecule is O=C1NC(=S)N/C1=C\c1cc(Cl)cc(Cl)c1O. The highest BCUT2D eigenvalue weighted by molar-refractivity contribution is 7.80. The first-order valence-corrected chi connectivity index (χ1v) is 5.66. The van der Waals surface area contributed by atoms with E-state index in [1.807, 2.05) is 0 Å². The van der Waals surface area contributed by atoms with Gasteiger partial charge in [-0.1, -0.05) is 23.2 Å². The summed E-state index contributed by atoms with van der Waals surface area (Å²) in [6, 6.07) is 2.90. The van der Waals surface area contributed by atoms with Crippen LogP contribution in [0.2, 0.25) is 10.0 Å². The van der Waals surface area contributed by atoms with Crippen LogP contribution in [0.3, 0.4) is 0 Å². The van der Waals surface area contributed by atoms with Gasteiger partial charge < -0.3 is 10.4 Å². The molecule has 7 heteroatoms. The van der Waals surface area contributed by atoms with Gasteiger partial charge in [0.15, 0.2) is 5.11 Å². The zero-order chi connectivity index (χ0) is 12.6. The summed E-state index contributed by atoms with van der Waals surface area (Å²) in [6.07, 6.45) is 1.42. The topological polar surface area (TPSA) is 61.4 Å². The third-order valence-corrected chi connectivity index (χ3v) is 2.79. The molecule has 2 rings (SSSR count). The number of carbonyl (C=O) groups is 1. The van der Waals surface area contributed by atoms with Crippen molar-refractivity contribution < 1.29 is 9.90 Å². The molecule has 0 bridgehead atoms. The number of benzene rings is 1. The van der Waals surface area contributed by atoms with Crippen LogP contribution in [0.25, 0.3) is 6.08 Å². The van der Waals surface area contributed by atoms with Gasteiger partial charge >= 0.3 is 0 Å². The number of carbonyl (C=O) groups excluding carboxylic acids is 1. The maximum Gasteiger partial charge on any atom is 0.273 e. The fourth-order valence-corrected chi connectivity index (χ4v) is 2.05. The number of thiocarbonyl (C=S) groups is 1. The van der Waals surface area contributed by atoms with Gasteiger partial charge in [-0.15, -0.1) is 0 Å². The number of nitrogens with one attached hydrogen (secondary N) is 2. The molecule has 1 heterocycles. The summed E-state index contributed by atoms with van der Waals surface area (Å²) < 4.78 is 0. The highest BCUT2D eigenvalue weighted by Crippen LogP contribution is 2.32. The van der Waals surface area contributed by atoms with E-state index < -0.39 is 0 Å². The first-order chi connectivity index (χ1) is 7.97. The monoisotopic (exact) mass is 288 g/mol. The lowest BCUT2D eigenvalue weighted by molar-refractivity contribution is -0.115. The second-order valence-corrected chi connectivity index (χ2v) is 4.54. The molecule has 0 spiro atoms. The summed E-state index contributed by atoms with van der Waals surface area (Å²) in [6.45, 7) is 0. The fraction of sp³-hybridized carbons (Fsp3) is 0. The van der Waals surface area contributed by atoms with Crippen LogP contribution in [0.5, 0.6) is 5.75 Å². The predicted molar refractivity (Wildman–Crippen MR) is 70.0 cm³/mol. The predicted octanol–water partition coefficient (Wildman–Crippen LogP) is 2.04. The lowest BCUT2D eigenvalue weighted by Crippen LogP contribution is -2.21. The number of hydrogen-bond donors (Lipinski definition) is 3. The summed E-state index contributed by atoms with van der Waals surface area (Å²) in [4.78, 5) is 11.4. The van der Waals surface area contributed by atoms with Crippen LogP contribution in [0.15, 0.2) is 17.8 Å². The summed E-state index contributed by atoms with van der Waals surface area (Å²) >= 11 is 16.3. The Bertz CT molecular complexity index is 557. The van der Waals surface area contributed by atoms with E-state index in [4.69, 9.17) is 35.4 Å². The van der Waals surface area contributed by atoms with Crippen LogP contribution >= 0.6 is 35.4 Å². The van der Waals surface area contributed by atoms with E-state index in [2.05, 4.69) is 10.6 Å². The highest BCUT2D eigenvalue weighted by Gasteiger charge is 2.20. The Morgan fingerprint density at radius 3 is 2.59 bits per heavy atom. The van der Waals surface area contributed by atoms with Gasteiger partial charge in [0.05, 0.1) is 5.02 Å². The van der Waals surface area contributed by atoms with Crippen molar-refractivity contribution in [2.24, 2.45) is 0 Å². The van der Waals surface area contributed by atoms with Gasteiger partial charge in [-0.3, -0.25) is 10.1 Å². The largest absolute Gasteiger partial charge is 0.506 e. The summed E-state index contributed by atoms with van der Waals surface area (Å²) in [7, 11) is 0. The first kappa shape index (κ1) is 12.2. The van der Waals surface area contributed by atoms with Gasteiger partial charge in [-0.2, -0.15) is 0 Å². The van der Waals surface area contributed by atoms with Crippen molar-refractivity contribution in [2.45, 2.75) is 0 Å². The Balaban J connectivity index is 2.46. The van der Waals surface area contributed by atoms with Gasteiger partial charge in [0.25, 0.3) is 5.91 Å². The molecular weight excluding hydrogens is 283 g/mol. The van der Waals surface area contributed by atoms with Gasteiger partial charge in [0, 0.05) is 10.6 Å². The molecular formula is C10H6Cl2N2O2S. The molecule has 1 fully saturated rings. The number of hydrogen-bond acceptors (Lipinski definition) is 3. The first-order valence-electron chi connectivity index (χ1n) is 4.49. The number of halogens is 2. The minimum Gasteiger partial charge on any atom is -0.506 e. The molecule has 1 aromatic rings. The number of phenolic OH excluding ortho intramolecular Hbond substituents is 1. The number of rotatable bonds is 1. The van der Waals surface area contributed by atoms with Crippen molar-refractivity contribution in [3.63, 3.8) is 0 Å². The number of aromatic hydroxyl groups is 1. The molecule has 1 aliphatic rings. The Morgan fingerprint density at radius 1 is 1.29 bits per heavy atom. The van der Waals surface area contributed by atoms with E-state index in [1.165, 1.54) is 18.2 Å². The molecule has 0 aromatic heterocycles. The highest BCUT2D eigenvalue weighted by atomic mass is 35.5. The molecule has 0 aliphatic carbocycles. The molecule has 1 amide bonds. The molecule has 1 aliphatic heterocycles. The third kappa shape index (κ3) is 2.52. The number of phenols is 1. The van der Waals surface area contributed by atoms with E-state index in [-0.39, 0.29) is 27.5 Å². The molecule has 4 nitrogen and oxygen atoms in total. The van der Waals surface area contributed by atoms with E-state index in [1.54, 1.807) is 0 Å². The van der Waals surface area contributed by atoms with Gasteiger partial charge in [-0.05, 0) is 30.4 Å². The van der Waals surface area contributed by atoms with Crippen LogP contribution in [0.1, 0.15) is 5.56 Å². The Kier molecular flexibility index (Phi) is 3.24. The fourth-order valence-electron chi connectivity index (χ4n) is 1.33. The summed E-state index contributed by atoms with van der Waals surface area (Å²) in [5.74, 6) is -0.513. The lowest BCUT2D eigenvalue weighted by Gasteiger charge is -2.03. The third-order valence-electron chi connectivity index (χ3n) is 2.08. The van der Waals surface area contributed by atoms with E-state index >= 15 is 0 Å². The minimum atomic E-state index is -0.370. The van der Waals surface area contributed by atoms with Gasteiger partial charge in [0.2, 0.25) is 0 Å². The molecule has 0 radical (unpaired) electrons. The minimum absolute atomic E-state index is 0.116. The Morgan fingerprint density at radius 2 is 2.00 bits per heavy atom. The zero-order valence-electron chi connectivity index (χ0n) is 8.25. The molecule has 1 aromatic carbocycles. The van der Waals surface area contributed by atoms with Gasteiger partial charge in [-0.25, -0.2) is 0 Å². The smallest absolute Gasteiger partial charge is 0.273 e. The Labute approximate surface area is 112 Å².